The van der Waals surface area contributed by atoms with Gasteiger partial charge in [0.15, 0.2) is 0 Å². The summed E-state index contributed by atoms with van der Waals surface area (Å²) in [7, 11) is -3.52. The van der Waals surface area contributed by atoms with Crippen molar-refractivity contribution in [2.24, 2.45) is 5.73 Å². The summed E-state index contributed by atoms with van der Waals surface area (Å²) in [6.07, 6.45) is 2.68. The molecule has 1 aromatic rings. The van der Waals surface area contributed by atoms with Crippen LogP contribution in [0, 0.1) is 6.92 Å². The quantitative estimate of drug-likeness (QED) is 0.900. The summed E-state index contributed by atoms with van der Waals surface area (Å²) in [5.41, 5.74) is 7.68. The van der Waals surface area contributed by atoms with E-state index in [1.165, 1.54) is 0 Å². The van der Waals surface area contributed by atoms with Crippen molar-refractivity contribution in [1.29, 1.82) is 0 Å². The number of hydrogen-bond acceptors (Lipinski definition) is 3. The minimum atomic E-state index is -3.52. The summed E-state index contributed by atoms with van der Waals surface area (Å²) in [6.45, 7) is 8.06. The van der Waals surface area contributed by atoms with Gasteiger partial charge in [-0.2, -0.15) is 0 Å². The van der Waals surface area contributed by atoms with Crippen molar-refractivity contribution in [3.8, 4) is 0 Å². The normalized spacial score (nSPS) is 23.5. The van der Waals surface area contributed by atoms with E-state index >= 15 is 0 Å². The number of hydrogen-bond donors (Lipinski definition) is 2. The average molecular weight is 310 g/mol. The molecule has 0 aliphatic heterocycles. The minimum Gasteiger partial charge on any atom is -0.326 e. The highest BCUT2D eigenvalue weighted by Crippen LogP contribution is 2.27. The van der Waals surface area contributed by atoms with Gasteiger partial charge >= 0.3 is 0 Å². The molecule has 21 heavy (non-hydrogen) atoms. The van der Waals surface area contributed by atoms with Gasteiger partial charge in [-0.1, -0.05) is 39.3 Å². The Bertz CT molecular complexity index is 618. The van der Waals surface area contributed by atoms with Crippen LogP contribution >= 0.6 is 0 Å². The van der Waals surface area contributed by atoms with Crippen LogP contribution in [-0.4, -0.2) is 20.5 Å². The fourth-order valence-electron chi connectivity index (χ4n) is 2.75. The lowest BCUT2D eigenvalue weighted by Gasteiger charge is -2.22. The van der Waals surface area contributed by atoms with Gasteiger partial charge in [0, 0.05) is 12.1 Å². The molecule has 1 saturated carbocycles. The summed E-state index contributed by atoms with van der Waals surface area (Å²) in [5.74, 6) is 0. The van der Waals surface area contributed by atoms with E-state index in [1.807, 2.05) is 19.1 Å². The highest BCUT2D eigenvalue weighted by molar-refractivity contribution is 7.89. The monoisotopic (exact) mass is 310 g/mol. The standard InChI is InChI=1S/C16H26N2O2S/c1-11-8-9-12(16(2,3)4)10-15(11)21(19,20)18-14-7-5-6-13(14)17/h8-10,13-14,18H,5-7,17H2,1-4H3. The predicted octanol–water partition coefficient (Wildman–Crippen LogP) is 2.45. The highest BCUT2D eigenvalue weighted by Gasteiger charge is 2.30. The molecule has 0 radical (unpaired) electrons. The molecule has 1 aliphatic rings. The lowest BCUT2D eigenvalue weighted by molar-refractivity contribution is 0.521. The molecule has 0 amide bonds. The Hall–Kier alpha value is -0.910. The molecule has 0 heterocycles. The maximum atomic E-state index is 12.7. The van der Waals surface area contributed by atoms with Crippen molar-refractivity contribution in [2.75, 3.05) is 0 Å². The van der Waals surface area contributed by atoms with Crippen LogP contribution in [-0.2, 0) is 15.4 Å². The second-order valence-electron chi connectivity index (χ2n) is 7.05. The molecule has 1 fully saturated rings. The van der Waals surface area contributed by atoms with E-state index in [9.17, 15) is 8.42 Å². The van der Waals surface area contributed by atoms with E-state index in [-0.39, 0.29) is 17.5 Å². The molecule has 0 saturated heterocycles. The lowest BCUT2D eigenvalue weighted by Crippen LogP contribution is -2.44. The number of nitrogens with one attached hydrogen (secondary N) is 1. The van der Waals surface area contributed by atoms with Crippen LogP contribution in [0.5, 0.6) is 0 Å². The summed E-state index contributed by atoms with van der Waals surface area (Å²) >= 11 is 0. The molecule has 118 valence electrons. The van der Waals surface area contributed by atoms with Crippen LogP contribution in [0.15, 0.2) is 23.1 Å². The molecular formula is C16H26N2O2S. The molecular weight excluding hydrogens is 284 g/mol. The third kappa shape index (κ3) is 3.65. The minimum absolute atomic E-state index is 0.0779. The van der Waals surface area contributed by atoms with Crippen molar-refractivity contribution < 1.29 is 8.42 Å². The van der Waals surface area contributed by atoms with Gasteiger partial charge < -0.3 is 5.73 Å². The van der Waals surface area contributed by atoms with Crippen LogP contribution in [0.4, 0.5) is 0 Å². The SMILES string of the molecule is Cc1ccc(C(C)(C)C)cc1S(=O)(=O)NC1CCCC1N. The number of aryl methyl sites for hydroxylation is 1. The fourth-order valence-corrected chi connectivity index (χ4v) is 4.35. The third-order valence-corrected chi connectivity index (χ3v) is 5.85. The first-order valence-corrected chi connectivity index (χ1v) is 8.98. The summed E-state index contributed by atoms with van der Waals surface area (Å²) in [6, 6.07) is 5.44. The van der Waals surface area contributed by atoms with E-state index in [0.29, 0.717) is 4.90 Å². The zero-order valence-corrected chi connectivity index (χ0v) is 14.1. The smallest absolute Gasteiger partial charge is 0.241 e. The number of rotatable bonds is 3. The van der Waals surface area contributed by atoms with E-state index in [2.05, 4.69) is 25.5 Å². The third-order valence-electron chi connectivity index (χ3n) is 4.22. The molecule has 2 atom stereocenters. The van der Waals surface area contributed by atoms with Gasteiger partial charge in [-0.05, 0) is 42.4 Å². The van der Waals surface area contributed by atoms with Gasteiger partial charge in [0.1, 0.15) is 0 Å². The molecule has 3 N–H and O–H groups in total. The van der Waals surface area contributed by atoms with Crippen LogP contribution in [0.2, 0.25) is 0 Å². The van der Waals surface area contributed by atoms with E-state index < -0.39 is 10.0 Å². The van der Waals surface area contributed by atoms with Crippen LogP contribution < -0.4 is 10.5 Å². The fraction of sp³-hybridized carbons (Fsp3) is 0.625. The topological polar surface area (TPSA) is 72.2 Å². The summed E-state index contributed by atoms with van der Waals surface area (Å²) in [5, 5.41) is 0. The predicted molar refractivity (Wildman–Crippen MR) is 85.8 cm³/mol. The van der Waals surface area contributed by atoms with Gasteiger partial charge in [0.2, 0.25) is 10.0 Å². The molecule has 1 aliphatic carbocycles. The van der Waals surface area contributed by atoms with Crippen molar-refractivity contribution >= 4 is 10.0 Å². The summed E-state index contributed by atoms with van der Waals surface area (Å²) in [4.78, 5) is 0.369. The Balaban J connectivity index is 2.35. The van der Waals surface area contributed by atoms with Gasteiger partial charge in [-0.3, -0.25) is 0 Å². The van der Waals surface area contributed by atoms with E-state index in [0.717, 1.165) is 30.4 Å². The van der Waals surface area contributed by atoms with Crippen LogP contribution in [0.1, 0.15) is 51.2 Å². The van der Waals surface area contributed by atoms with Crippen molar-refractivity contribution in [2.45, 2.75) is 69.4 Å². The van der Waals surface area contributed by atoms with Crippen LogP contribution in [0.3, 0.4) is 0 Å². The Labute approximate surface area is 128 Å². The molecule has 0 bridgehead atoms. The Morgan fingerprint density at radius 2 is 1.90 bits per heavy atom. The molecule has 5 heteroatoms. The van der Waals surface area contributed by atoms with Crippen LogP contribution in [0.25, 0.3) is 0 Å². The maximum absolute atomic E-state index is 12.7. The molecule has 2 rings (SSSR count). The number of benzene rings is 1. The molecule has 1 aromatic carbocycles. The first kappa shape index (κ1) is 16.5. The summed E-state index contributed by atoms with van der Waals surface area (Å²) < 4.78 is 28.1. The molecule has 0 spiro atoms. The Morgan fingerprint density at radius 3 is 2.43 bits per heavy atom. The van der Waals surface area contributed by atoms with Gasteiger partial charge in [-0.15, -0.1) is 0 Å². The largest absolute Gasteiger partial charge is 0.326 e. The van der Waals surface area contributed by atoms with E-state index in [1.54, 1.807) is 6.07 Å². The molecule has 0 aromatic heterocycles. The van der Waals surface area contributed by atoms with Gasteiger partial charge in [-0.25, -0.2) is 13.1 Å². The second-order valence-corrected chi connectivity index (χ2v) is 8.74. The van der Waals surface area contributed by atoms with Crippen molar-refractivity contribution in [1.82, 2.24) is 4.72 Å². The molecule has 2 unspecified atom stereocenters. The Morgan fingerprint density at radius 1 is 1.24 bits per heavy atom. The zero-order chi connectivity index (χ0) is 15.8. The lowest BCUT2D eigenvalue weighted by atomic mass is 9.87. The number of nitrogens with two attached hydrogens (primary N) is 1. The first-order chi connectivity index (χ1) is 9.61. The van der Waals surface area contributed by atoms with Gasteiger partial charge in [0.25, 0.3) is 0 Å². The van der Waals surface area contributed by atoms with Gasteiger partial charge in [0.05, 0.1) is 4.90 Å². The van der Waals surface area contributed by atoms with Crippen molar-refractivity contribution in [3.63, 3.8) is 0 Å². The number of sulfonamides is 1. The maximum Gasteiger partial charge on any atom is 0.241 e. The zero-order valence-electron chi connectivity index (χ0n) is 13.3. The average Bonchev–Trinajstić information content (AvgIpc) is 2.73. The second kappa shape index (κ2) is 5.71. The Kier molecular flexibility index (Phi) is 4.47. The first-order valence-electron chi connectivity index (χ1n) is 7.50. The highest BCUT2D eigenvalue weighted by atomic mass is 32.2. The van der Waals surface area contributed by atoms with E-state index in [4.69, 9.17) is 5.73 Å². The van der Waals surface area contributed by atoms with Crippen molar-refractivity contribution in [3.05, 3.63) is 29.3 Å². The molecule has 4 nitrogen and oxygen atoms in total.